The molecule has 142 valence electrons. The maximum absolute atomic E-state index is 12.5. The maximum atomic E-state index is 12.5. The molecule has 3 rings (SSSR count). The Morgan fingerprint density at radius 2 is 1.56 bits per heavy atom. The van der Waals surface area contributed by atoms with E-state index >= 15 is 0 Å². The molecule has 1 heterocycles. The van der Waals surface area contributed by atoms with Crippen LogP contribution in [-0.2, 0) is 14.8 Å². The van der Waals surface area contributed by atoms with Gasteiger partial charge in [0.05, 0.1) is 4.90 Å². The first-order chi connectivity index (χ1) is 12.9. The smallest absolute Gasteiger partial charge is 0.308 e. The molecule has 2 aromatic rings. The molecule has 2 aromatic carbocycles. The van der Waals surface area contributed by atoms with Gasteiger partial charge in [0.25, 0.3) is 5.91 Å². The molecule has 0 aromatic heterocycles. The topological polar surface area (TPSA) is 92.8 Å². The summed E-state index contributed by atoms with van der Waals surface area (Å²) in [6.07, 6.45) is 1.76. The Morgan fingerprint density at radius 1 is 0.963 bits per heavy atom. The Morgan fingerprint density at radius 3 is 2.11 bits per heavy atom. The third-order valence-electron chi connectivity index (χ3n) is 4.19. The molecule has 7 nitrogen and oxygen atoms in total. The van der Waals surface area contributed by atoms with Crippen molar-refractivity contribution in [1.29, 1.82) is 0 Å². The number of hydrogen-bond acceptors (Lipinski definition) is 5. The van der Waals surface area contributed by atoms with Crippen LogP contribution in [0.2, 0.25) is 0 Å². The van der Waals surface area contributed by atoms with Crippen molar-refractivity contribution in [3.05, 3.63) is 54.1 Å². The van der Waals surface area contributed by atoms with E-state index in [0.29, 0.717) is 30.1 Å². The summed E-state index contributed by atoms with van der Waals surface area (Å²) in [4.78, 5) is 23.4. The van der Waals surface area contributed by atoms with E-state index in [0.717, 1.165) is 12.8 Å². The molecule has 0 spiro atoms. The lowest BCUT2D eigenvalue weighted by molar-refractivity contribution is -0.131. The summed E-state index contributed by atoms with van der Waals surface area (Å²) in [6, 6.07) is 12.3. The van der Waals surface area contributed by atoms with E-state index in [1.54, 1.807) is 24.3 Å². The van der Waals surface area contributed by atoms with Gasteiger partial charge in [-0.2, -0.15) is 4.31 Å². The summed E-state index contributed by atoms with van der Waals surface area (Å²) in [5, 5.41) is 2.71. The van der Waals surface area contributed by atoms with Gasteiger partial charge in [-0.3, -0.25) is 9.59 Å². The van der Waals surface area contributed by atoms with Gasteiger partial charge in [0.15, 0.2) is 0 Å². The molecule has 0 saturated carbocycles. The largest absolute Gasteiger partial charge is 0.427 e. The molecule has 8 heteroatoms. The van der Waals surface area contributed by atoms with Gasteiger partial charge in [-0.25, -0.2) is 8.42 Å². The Kier molecular flexibility index (Phi) is 5.57. The van der Waals surface area contributed by atoms with Crippen molar-refractivity contribution in [2.45, 2.75) is 24.7 Å². The summed E-state index contributed by atoms with van der Waals surface area (Å²) in [6.45, 7) is 2.39. The van der Waals surface area contributed by atoms with Crippen molar-refractivity contribution in [2.75, 3.05) is 18.4 Å². The van der Waals surface area contributed by atoms with E-state index in [9.17, 15) is 18.0 Å². The number of esters is 1. The number of benzene rings is 2. The summed E-state index contributed by atoms with van der Waals surface area (Å²) in [7, 11) is -3.47. The summed E-state index contributed by atoms with van der Waals surface area (Å²) in [5.41, 5.74) is 0.879. The van der Waals surface area contributed by atoms with Gasteiger partial charge in [0, 0.05) is 31.3 Å². The average Bonchev–Trinajstić information content (AvgIpc) is 3.18. The number of hydrogen-bond donors (Lipinski definition) is 1. The number of carbonyl (C=O) groups is 2. The van der Waals surface area contributed by atoms with Crippen molar-refractivity contribution in [2.24, 2.45) is 0 Å². The van der Waals surface area contributed by atoms with Gasteiger partial charge in [0.1, 0.15) is 5.75 Å². The molecule has 1 aliphatic heterocycles. The van der Waals surface area contributed by atoms with E-state index in [2.05, 4.69) is 5.32 Å². The third kappa shape index (κ3) is 4.53. The van der Waals surface area contributed by atoms with Gasteiger partial charge < -0.3 is 10.1 Å². The molecule has 1 N–H and O–H groups in total. The lowest BCUT2D eigenvalue weighted by atomic mass is 10.2. The van der Waals surface area contributed by atoms with Crippen molar-refractivity contribution in [1.82, 2.24) is 4.31 Å². The van der Waals surface area contributed by atoms with Crippen LogP contribution in [0, 0.1) is 0 Å². The first-order valence-electron chi connectivity index (χ1n) is 8.56. The zero-order chi connectivity index (χ0) is 19.4. The first kappa shape index (κ1) is 19.1. The molecule has 27 heavy (non-hydrogen) atoms. The molecule has 1 amide bonds. The van der Waals surface area contributed by atoms with Gasteiger partial charge in [0.2, 0.25) is 10.0 Å². The Bertz CT molecular complexity index is 931. The fraction of sp³-hybridized carbons (Fsp3) is 0.263. The molecule has 0 unspecified atom stereocenters. The fourth-order valence-electron chi connectivity index (χ4n) is 2.83. The molecule has 1 saturated heterocycles. The van der Waals surface area contributed by atoms with Crippen LogP contribution < -0.4 is 10.1 Å². The quantitative estimate of drug-likeness (QED) is 0.628. The minimum atomic E-state index is -3.47. The van der Waals surface area contributed by atoms with E-state index in [-0.39, 0.29) is 10.8 Å². The van der Waals surface area contributed by atoms with Gasteiger partial charge in [-0.1, -0.05) is 0 Å². The van der Waals surface area contributed by atoms with Gasteiger partial charge >= 0.3 is 5.97 Å². The van der Waals surface area contributed by atoms with Crippen LogP contribution in [0.1, 0.15) is 30.1 Å². The summed E-state index contributed by atoms with van der Waals surface area (Å²) >= 11 is 0. The van der Waals surface area contributed by atoms with Crippen molar-refractivity contribution < 1.29 is 22.7 Å². The number of anilines is 1. The molecule has 1 fully saturated rings. The van der Waals surface area contributed by atoms with Crippen LogP contribution >= 0.6 is 0 Å². The Labute approximate surface area is 158 Å². The van der Waals surface area contributed by atoms with Gasteiger partial charge in [-0.15, -0.1) is 0 Å². The SMILES string of the molecule is CC(=O)Oc1ccc(C(=O)Nc2ccc(S(=O)(=O)N3CCCC3)cc2)cc1. The molecule has 1 aliphatic rings. The van der Waals surface area contributed by atoms with Crippen LogP contribution in [0.3, 0.4) is 0 Å². The predicted molar refractivity (Wildman–Crippen MR) is 100 cm³/mol. The second-order valence-electron chi connectivity index (χ2n) is 6.21. The number of rotatable bonds is 5. The molecule has 0 bridgehead atoms. The number of sulfonamides is 1. The zero-order valence-electron chi connectivity index (χ0n) is 14.8. The number of nitrogens with zero attached hydrogens (tertiary/aromatic N) is 1. The normalized spacial score (nSPS) is 14.7. The zero-order valence-corrected chi connectivity index (χ0v) is 15.7. The summed E-state index contributed by atoms with van der Waals surface area (Å²) in [5.74, 6) is -0.425. The molecule has 0 radical (unpaired) electrons. The maximum Gasteiger partial charge on any atom is 0.308 e. The van der Waals surface area contributed by atoms with E-state index < -0.39 is 16.0 Å². The van der Waals surface area contributed by atoms with Crippen LogP contribution in [0.5, 0.6) is 5.75 Å². The number of amides is 1. The van der Waals surface area contributed by atoms with Crippen LogP contribution in [-0.4, -0.2) is 37.7 Å². The molecular formula is C19H20N2O5S. The van der Waals surface area contributed by atoms with Crippen LogP contribution in [0.15, 0.2) is 53.4 Å². The van der Waals surface area contributed by atoms with E-state index in [4.69, 9.17) is 4.74 Å². The molecular weight excluding hydrogens is 368 g/mol. The number of ether oxygens (including phenoxy) is 1. The number of carbonyl (C=O) groups excluding carboxylic acids is 2. The Hall–Kier alpha value is -2.71. The lowest BCUT2D eigenvalue weighted by Gasteiger charge is -2.15. The highest BCUT2D eigenvalue weighted by molar-refractivity contribution is 7.89. The lowest BCUT2D eigenvalue weighted by Crippen LogP contribution is -2.27. The predicted octanol–water partition coefficient (Wildman–Crippen LogP) is 2.65. The second-order valence-corrected chi connectivity index (χ2v) is 8.15. The van der Waals surface area contributed by atoms with Crippen LogP contribution in [0.4, 0.5) is 5.69 Å². The minimum Gasteiger partial charge on any atom is -0.427 e. The van der Waals surface area contributed by atoms with Crippen molar-refractivity contribution >= 4 is 27.6 Å². The van der Waals surface area contributed by atoms with Gasteiger partial charge in [-0.05, 0) is 61.4 Å². The highest BCUT2D eigenvalue weighted by atomic mass is 32.2. The van der Waals surface area contributed by atoms with Crippen molar-refractivity contribution in [3.8, 4) is 5.75 Å². The van der Waals surface area contributed by atoms with Crippen LogP contribution in [0.25, 0.3) is 0 Å². The highest BCUT2D eigenvalue weighted by Gasteiger charge is 2.26. The fourth-order valence-corrected chi connectivity index (χ4v) is 4.35. The monoisotopic (exact) mass is 388 g/mol. The Balaban J connectivity index is 1.67. The summed E-state index contributed by atoms with van der Waals surface area (Å²) < 4.78 is 31.4. The van der Waals surface area contributed by atoms with E-state index in [1.807, 2.05) is 0 Å². The molecule has 0 atom stereocenters. The average molecular weight is 388 g/mol. The highest BCUT2D eigenvalue weighted by Crippen LogP contribution is 2.22. The van der Waals surface area contributed by atoms with Crippen molar-refractivity contribution in [3.63, 3.8) is 0 Å². The minimum absolute atomic E-state index is 0.216. The number of nitrogens with one attached hydrogen (secondary N) is 1. The first-order valence-corrected chi connectivity index (χ1v) is 10.0. The third-order valence-corrected chi connectivity index (χ3v) is 6.11. The second kappa shape index (κ2) is 7.89. The molecule has 0 aliphatic carbocycles. The van der Waals surface area contributed by atoms with E-state index in [1.165, 1.54) is 35.5 Å². The standard InChI is InChI=1S/C19H20N2O5S/c1-14(22)26-17-8-4-15(5-9-17)19(23)20-16-6-10-18(11-7-16)27(24,25)21-12-2-3-13-21/h4-11H,2-3,12-13H2,1H3,(H,20,23).